The molecule has 0 bridgehead atoms. The second kappa shape index (κ2) is 7.08. The zero-order valence-electron chi connectivity index (χ0n) is 13.6. The predicted molar refractivity (Wildman–Crippen MR) is 82.4 cm³/mol. The van der Waals surface area contributed by atoms with Gasteiger partial charge in [-0.05, 0) is 31.2 Å². The minimum absolute atomic E-state index is 0.208. The summed E-state index contributed by atoms with van der Waals surface area (Å²) >= 11 is 0. The number of amides is 3. The zero-order chi connectivity index (χ0) is 17.9. The Labute approximate surface area is 138 Å². The van der Waals surface area contributed by atoms with Crippen LogP contribution in [0.1, 0.15) is 6.92 Å². The Hall–Kier alpha value is -2.95. The molecule has 2 rings (SSSR count). The molecule has 3 amide bonds. The van der Waals surface area contributed by atoms with E-state index in [1.54, 1.807) is 6.92 Å². The van der Waals surface area contributed by atoms with E-state index in [9.17, 15) is 19.2 Å². The van der Waals surface area contributed by atoms with Gasteiger partial charge in [0.1, 0.15) is 24.2 Å². The van der Waals surface area contributed by atoms with E-state index < -0.39 is 17.9 Å². The highest BCUT2D eigenvalue weighted by molar-refractivity contribution is 6.17. The summed E-state index contributed by atoms with van der Waals surface area (Å²) in [6.07, 6.45) is 0. The molecule has 126 valence electrons. The summed E-state index contributed by atoms with van der Waals surface area (Å²) < 4.78 is 18.4. The second-order valence-corrected chi connectivity index (χ2v) is 5.50. The molecule has 1 aliphatic rings. The third-order valence-electron chi connectivity index (χ3n) is 3.62. The number of imide groups is 1. The molecule has 2 unspecified atom stereocenters. The first-order valence-electron chi connectivity index (χ1n) is 7.31. The maximum absolute atomic E-state index is 12.8. The van der Waals surface area contributed by atoms with E-state index in [0.29, 0.717) is 5.75 Å². The Morgan fingerprint density at radius 1 is 1.29 bits per heavy atom. The predicted octanol–water partition coefficient (Wildman–Crippen LogP) is -0.264. The number of ether oxygens (including phenoxy) is 1. The molecule has 0 saturated carbocycles. The van der Waals surface area contributed by atoms with Gasteiger partial charge < -0.3 is 4.74 Å². The summed E-state index contributed by atoms with van der Waals surface area (Å²) in [6.45, 7) is 1.99. The second-order valence-electron chi connectivity index (χ2n) is 5.50. The first-order valence-corrected chi connectivity index (χ1v) is 7.31. The maximum Gasteiger partial charge on any atom is 0.417 e. The van der Waals surface area contributed by atoms with Crippen molar-refractivity contribution in [1.82, 2.24) is 9.80 Å². The highest BCUT2D eigenvalue weighted by Crippen LogP contribution is 2.13. The van der Waals surface area contributed by atoms with E-state index in [2.05, 4.69) is 4.99 Å². The minimum atomic E-state index is -1.08. The average Bonchev–Trinajstić information content (AvgIpc) is 2.57. The Bertz CT molecular complexity index is 711. The van der Waals surface area contributed by atoms with Crippen molar-refractivity contribution in [2.45, 2.75) is 13.0 Å². The molecule has 1 heterocycles. The summed E-state index contributed by atoms with van der Waals surface area (Å²) in [7, 11) is 2.83. The Balaban J connectivity index is 2.12. The van der Waals surface area contributed by atoms with Gasteiger partial charge in [0.25, 0.3) is 11.7 Å². The number of carbonyl (C=O) groups is 2. The summed E-state index contributed by atoms with van der Waals surface area (Å²) in [4.78, 5) is 29.2. The van der Waals surface area contributed by atoms with Crippen molar-refractivity contribution in [3.63, 3.8) is 0 Å². The Kier molecular flexibility index (Phi) is 5.14. The molecule has 1 fully saturated rings. The number of nitrogens with zero attached hydrogens (tertiary/aromatic N) is 3. The van der Waals surface area contributed by atoms with Crippen LogP contribution in [-0.2, 0) is 4.79 Å². The third kappa shape index (κ3) is 3.51. The van der Waals surface area contributed by atoms with Crippen molar-refractivity contribution >= 4 is 17.8 Å². The van der Waals surface area contributed by atoms with Gasteiger partial charge in [0, 0.05) is 7.05 Å². The number of urea groups is 1. The summed E-state index contributed by atoms with van der Waals surface area (Å²) in [5.74, 6) is -1.29. The lowest BCUT2D eigenvalue weighted by Gasteiger charge is -2.27. The molecule has 0 spiro atoms. The monoisotopic (exact) mass is 333 g/mol. The van der Waals surface area contributed by atoms with Crippen molar-refractivity contribution in [3.8, 4) is 11.8 Å². The van der Waals surface area contributed by atoms with Crippen LogP contribution in [0, 0.1) is 23.1 Å². The Morgan fingerprint density at radius 3 is 2.50 bits per heavy atom. The molecular weight excluding hydrogens is 315 g/mol. The summed E-state index contributed by atoms with van der Waals surface area (Å²) in [6, 6.07) is 6.68. The van der Waals surface area contributed by atoms with Gasteiger partial charge >= 0.3 is 6.03 Å². The number of benzene rings is 1. The summed E-state index contributed by atoms with van der Waals surface area (Å²) in [5, 5.41) is 9.24. The van der Waals surface area contributed by atoms with Crippen molar-refractivity contribution in [2.75, 3.05) is 20.7 Å². The van der Waals surface area contributed by atoms with Crippen LogP contribution < -0.4 is 9.73 Å². The van der Waals surface area contributed by atoms with Gasteiger partial charge in [-0.15, -0.1) is 0 Å². The smallest absolute Gasteiger partial charge is 0.417 e. The Morgan fingerprint density at radius 2 is 1.92 bits per heavy atom. The lowest BCUT2D eigenvalue weighted by atomic mass is 10.1. The quantitative estimate of drug-likeness (QED) is 0.822. The molecule has 2 atom stereocenters. The highest BCUT2D eigenvalue weighted by atomic mass is 19.1. The van der Waals surface area contributed by atoms with E-state index in [-0.39, 0.29) is 24.3 Å². The zero-order valence-corrected chi connectivity index (χ0v) is 13.6. The number of carbonyl (C=O) groups excluding carboxylic acids is 2. The molecule has 1 aromatic carbocycles. The lowest BCUT2D eigenvalue weighted by molar-refractivity contribution is -0.507. The highest BCUT2D eigenvalue weighted by Gasteiger charge is 2.47. The van der Waals surface area contributed by atoms with E-state index in [0.717, 1.165) is 4.90 Å². The molecule has 7 nitrogen and oxygen atoms in total. The molecule has 24 heavy (non-hydrogen) atoms. The molecule has 1 aromatic rings. The van der Waals surface area contributed by atoms with Gasteiger partial charge in [-0.25, -0.2) is 14.1 Å². The topological polar surface area (TPSA) is 87.6 Å². The van der Waals surface area contributed by atoms with Crippen LogP contribution in [0.5, 0.6) is 5.75 Å². The van der Waals surface area contributed by atoms with Crippen LogP contribution in [0.2, 0.25) is 0 Å². The fourth-order valence-corrected chi connectivity index (χ4v) is 2.27. The molecule has 0 radical (unpaired) electrons. The van der Waals surface area contributed by atoms with Crippen LogP contribution in [0.15, 0.2) is 24.3 Å². The minimum Gasteiger partial charge on any atom is -0.489 e. The maximum atomic E-state index is 12.8. The average molecular weight is 333 g/mol. The number of rotatable bonds is 4. The number of halogens is 1. The fourth-order valence-electron chi connectivity index (χ4n) is 2.27. The summed E-state index contributed by atoms with van der Waals surface area (Å²) in [5.41, 5.74) is 0. The van der Waals surface area contributed by atoms with Crippen LogP contribution in [0.3, 0.4) is 0 Å². The first kappa shape index (κ1) is 17.4. The largest absolute Gasteiger partial charge is 0.489 e. The molecule has 0 aromatic heterocycles. The molecule has 8 heteroatoms. The van der Waals surface area contributed by atoms with Gasteiger partial charge in [-0.2, -0.15) is 10.2 Å². The van der Waals surface area contributed by atoms with E-state index in [4.69, 9.17) is 4.74 Å². The van der Waals surface area contributed by atoms with Crippen molar-refractivity contribution < 1.29 is 23.7 Å². The van der Waals surface area contributed by atoms with Crippen molar-refractivity contribution in [3.05, 3.63) is 30.1 Å². The van der Waals surface area contributed by atoms with Gasteiger partial charge in [0.15, 0.2) is 0 Å². The standard InChI is InChI=1S/C16H17FN4O3/c1-10(9-24-12-6-4-11(17)5-7-12)19-14-13(8-18)15(22)21(3)16(23)20(14)2/h4-7,10,13H,9H2,1-3H3/p+1. The van der Waals surface area contributed by atoms with E-state index in [1.807, 2.05) is 6.07 Å². The molecular formula is C16H18FN4O3+. The molecule has 1 saturated heterocycles. The number of amidine groups is 1. The fraction of sp³-hybridized carbons (Fsp3) is 0.375. The van der Waals surface area contributed by atoms with Gasteiger partial charge in [-0.3, -0.25) is 9.79 Å². The van der Waals surface area contributed by atoms with Crippen molar-refractivity contribution in [2.24, 2.45) is 5.92 Å². The first-order chi connectivity index (χ1) is 11.3. The van der Waals surface area contributed by atoms with Crippen LogP contribution >= 0.6 is 0 Å². The van der Waals surface area contributed by atoms with Crippen LogP contribution in [-0.4, -0.2) is 54.3 Å². The van der Waals surface area contributed by atoms with Gasteiger partial charge in [-0.1, -0.05) is 0 Å². The van der Waals surface area contributed by atoms with Gasteiger partial charge in [0.2, 0.25) is 5.92 Å². The third-order valence-corrected chi connectivity index (χ3v) is 3.62. The number of nitriles is 1. The number of hydrogen-bond acceptors (Lipinski definition) is 4. The number of hydrogen-bond donors (Lipinski definition) is 1. The molecule has 1 aliphatic heterocycles. The molecule has 1 N–H and O–H groups in total. The van der Waals surface area contributed by atoms with Gasteiger partial charge in [0.05, 0.1) is 13.1 Å². The number of nitrogens with one attached hydrogen (secondary N) is 1. The van der Waals surface area contributed by atoms with Crippen molar-refractivity contribution in [1.29, 1.82) is 5.26 Å². The SMILES string of the molecule is CC(COc1ccc(F)cc1)[NH+]=C1C(C#N)C(=O)N(C)C(=O)N1C. The van der Waals surface area contributed by atoms with Crippen LogP contribution in [0.4, 0.5) is 9.18 Å². The molecule has 0 aliphatic carbocycles. The van der Waals surface area contributed by atoms with Crippen LogP contribution in [0.25, 0.3) is 0 Å². The van der Waals surface area contributed by atoms with E-state index >= 15 is 0 Å². The lowest BCUT2D eigenvalue weighted by Crippen LogP contribution is -2.86. The normalized spacial score (nSPS) is 21.0. The van der Waals surface area contributed by atoms with E-state index in [1.165, 1.54) is 43.3 Å².